The van der Waals surface area contributed by atoms with Gasteiger partial charge in [-0.25, -0.2) is 9.19 Å². The van der Waals surface area contributed by atoms with E-state index < -0.39 is 11.0 Å². The Bertz CT molecular complexity index is 360. The van der Waals surface area contributed by atoms with E-state index in [0.717, 1.165) is 0 Å². The van der Waals surface area contributed by atoms with Crippen molar-refractivity contribution in [2.75, 3.05) is 4.72 Å². The van der Waals surface area contributed by atoms with Crippen molar-refractivity contribution >= 4 is 33.2 Å². The quantitative estimate of drug-likeness (QED) is 0.806. The normalized spacial score (nSPS) is 12.9. The molecule has 0 radical (unpaired) electrons. The summed E-state index contributed by atoms with van der Waals surface area (Å²) in [6, 6.07) is 0. The van der Waals surface area contributed by atoms with E-state index in [1.165, 1.54) is 18.3 Å². The zero-order chi connectivity index (χ0) is 10.7. The van der Waals surface area contributed by atoms with Crippen molar-refractivity contribution in [3.05, 3.63) is 11.1 Å². The van der Waals surface area contributed by atoms with Gasteiger partial charge in [0.25, 0.3) is 0 Å². The Labute approximate surface area is 89.3 Å². The second-order valence-corrected chi connectivity index (χ2v) is 5.64. The van der Waals surface area contributed by atoms with Gasteiger partial charge in [0, 0.05) is 17.6 Å². The van der Waals surface area contributed by atoms with Crippen LogP contribution < -0.4 is 4.72 Å². The van der Waals surface area contributed by atoms with Crippen molar-refractivity contribution in [2.24, 2.45) is 0 Å². The maximum Gasteiger partial charge on any atom is 0.195 e. The summed E-state index contributed by atoms with van der Waals surface area (Å²) in [7, 11) is -1.14. The number of hydrogen-bond donors (Lipinski definition) is 1. The molecule has 0 aromatic carbocycles. The van der Waals surface area contributed by atoms with Gasteiger partial charge in [0.2, 0.25) is 0 Å². The molecule has 14 heavy (non-hydrogen) atoms. The second kappa shape index (κ2) is 4.65. The fourth-order valence-electron chi connectivity index (χ4n) is 0.686. The van der Waals surface area contributed by atoms with Gasteiger partial charge < -0.3 is 0 Å². The van der Waals surface area contributed by atoms with Gasteiger partial charge in [-0.15, -0.1) is 11.3 Å². The van der Waals surface area contributed by atoms with Gasteiger partial charge in [-0.2, -0.15) is 0 Å². The molecule has 0 bridgehead atoms. The minimum atomic E-state index is -1.14. The summed E-state index contributed by atoms with van der Waals surface area (Å²) in [5.74, 6) is -0.0790. The molecule has 0 saturated heterocycles. The van der Waals surface area contributed by atoms with Gasteiger partial charge in [-0.05, 0) is 13.8 Å². The molecule has 0 fully saturated rings. The van der Waals surface area contributed by atoms with Crippen molar-refractivity contribution in [3.63, 3.8) is 0 Å². The number of nitrogens with one attached hydrogen (secondary N) is 1. The maximum atomic E-state index is 11.4. The molecule has 78 valence electrons. The summed E-state index contributed by atoms with van der Waals surface area (Å²) in [5, 5.41) is 2.21. The first-order valence-corrected chi connectivity index (χ1v) is 6.23. The number of carbonyl (C=O) groups excluding carboxylic acids is 1. The van der Waals surface area contributed by atoms with Crippen LogP contribution in [0.5, 0.6) is 0 Å². The Kier molecular flexibility index (Phi) is 3.77. The highest BCUT2D eigenvalue weighted by atomic mass is 32.2. The first-order valence-electron chi connectivity index (χ1n) is 4.14. The number of Topliss-reactive ketones (excluding diaryl/α,β-unsaturated/α-hetero) is 1. The second-order valence-electron chi connectivity index (χ2n) is 3.04. The molecule has 1 unspecified atom stereocenters. The Balaban J connectivity index is 2.69. The van der Waals surface area contributed by atoms with Gasteiger partial charge in [0.1, 0.15) is 16.7 Å². The molecule has 1 aromatic rings. The lowest BCUT2D eigenvalue weighted by molar-refractivity contribution is 0.101. The Morgan fingerprint density at radius 1 is 1.64 bits per heavy atom. The van der Waals surface area contributed by atoms with Crippen LogP contribution in [0.3, 0.4) is 0 Å². The zero-order valence-electron chi connectivity index (χ0n) is 8.23. The van der Waals surface area contributed by atoms with E-state index in [0.29, 0.717) is 10.8 Å². The summed E-state index contributed by atoms with van der Waals surface area (Å²) in [5.41, 5.74) is 0.415. The minimum absolute atomic E-state index is 0.0275. The Morgan fingerprint density at radius 2 is 2.29 bits per heavy atom. The molecule has 0 amide bonds. The summed E-state index contributed by atoms with van der Waals surface area (Å²) in [4.78, 5) is 14.9. The zero-order valence-corrected chi connectivity index (χ0v) is 9.87. The molecule has 1 rings (SSSR count). The summed E-state index contributed by atoms with van der Waals surface area (Å²) >= 11 is 1.29. The van der Waals surface area contributed by atoms with E-state index in [2.05, 4.69) is 9.71 Å². The van der Waals surface area contributed by atoms with Gasteiger partial charge in [-0.1, -0.05) is 0 Å². The minimum Gasteiger partial charge on any atom is -0.293 e. The fraction of sp³-hybridized carbons (Fsp3) is 0.500. The molecule has 6 heteroatoms. The Morgan fingerprint density at radius 3 is 2.71 bits per heavy atom. The molecule has 4 nitrogen and oxygen atoms in total. The summed E-state index contributed by atoms with van der Waals surface area (Å²) in [6.07, 6.45) is 0. The Hall–Kier alpha value is -0.750. The molecule has 1 N–H and O–H groups in total. The molecular weight excluding hydrogens is 220 g/mol. The summed E-state index contributed by atoms with van der Waals surface area (Å²) < 4.78 is 14.1. The van der Waals surface area contributed by atoms with Crippen molar-refractivity contribution < 1.29 is 9.00 Å². The van der Waals surface area contributed by atoms with Crippen LogP contribution in [-0.2, 0) is 11.0 Å². The van der Waals surface area contributed by atoms with E-state index in [1.807, 2.05) is 13.8 Å². The lowest BCUT2D eigenvalue weighted by Crippen LogP contribution is -2.14. The molecule has 0 aliphatic rings. The van der Waals surface area contributed by atoms with Crippen LogP contribution in [-0.4, -0.2) is 20.2 Å². The molecule has 1 aromatic heterocycles. The van der Waals surface area contributed by atoms with Crippen molar-refractivity contribution in [2.45, 2.75) is 26.0 Å². The van der Waals surface area contributed by atoms with Crippen LogP contribution in [0.15, 0.2) is 5.38 Å². The predicted octanol–water partition coefficient (Wildman–Crippen LogP) is 1.83. The number of hydrogen-bond acceptors (Lipinski definition) is 4. The standard InChI is InChI=1S/C8H12N2O2S2/c1-5(2)14(12)10-8-9-7(4-13-8)6(3)11/h4-5H,1-3H3,(H,9,10). The lowest BCUT2D eigenvalue weighted by Gasteiger charge is -2.04. The number of rotatable bonds is 4. The van der Waals surface area contributed by atoms with E-state index in [9.17, 15) is 9.00 Å². The third-order valence-corrected chi connectivity index (χ3v) is 3.62. The fourth-order valence-corrected chi connectivity index (χ4v) is 2.17. The SMILES string of the molecule is CC(=O)c1csc(NS(=O)C(C)C)n1. The number of nitrogens with zero attached hydrogens (tertiary/aromatic N) is 1. The van der Waals surface area contributed by atoms with Gasteiger partial charge in [0.05, 0.1) is 0 Å². The smallest absolute Gasteiger partial charge is 0.195 e. The third kappa shape index (κ3) is 2.88. The highest BCUT2D eigenvalue weighted by molar-refractivity contribution is 7.87. The number of ketones is 1. The van der Waals surface area contributed by atoms with Gasteiger partial charge >= 0.3 is 0 Å². The van der Waals surface area contributed by atoms with Crippen LogP contribution in [0.4, 0.5) is 5.13 Å². The predicted molar refractivity (Wildman–Crippen MR) is 59.0 cm³/mol. The van der Waals surface area contributed by atoms with E-state index in [-0.39, 0.29) is 11.0 Å². The highest BCUT2D eigenvalue weighted by Gasteiger charge is 2.09. The molecular formula is C8H12N2O2S2. The average Bonchev–Trinajstić information content (AvgIpc) is 2.52. The number of anilines is 1. The van der Waals surface area contributed by atoms with Crippen LogP contribution in [0.1, 0.15) is 31.3 Å². The third-order valence-electron chi connectivity index (χ3n) is 1.48. The van der Waals surface area contributed by atoms with E-state index in [1.54, 1.807) is 5.38 Å². The average molecular weight is 232 g/mol. The number of carbonyl (C=O) groups is 1. The summed E-state index contributed by atoms with van der Waals surface area (Å²) in [6.45, 7) is 5.16. The molecule has 0 spiro atoms. The van der Waals surface area contributed by atoms with Crippen LogP contribution in [0, 0.1) is 0 Å². The van der Waals surface area contributed by atoms with Crippen LogP contribution in [0.25, 0.3) is 0 Å². The van der Waals surface area contributed by atoms with Crippen molar-refractivity contribution in [1.82, 2.24) is 4.98 Å². The van der Waals surface area contributed by atoms with Gasteiger partial charge in [-0.3, -0.25) is 9.52 Å². The molecule has 0 saturated carbocycles. The van der Waals surface area contributed by atoms with Gasteiger partial charge in [0.15, 0.2) is 10.9 Å². The first-order chi connectivity index (χ1) is 6.50. The van der Waals surface area contributed by atoms with E-state index >= 15 is 0 Å². The maximum absolute atomic E-state index is 11.4. The lowest BCUT2D eigenvalue weighted by atomic mass is 10.4. The highest BCUT2D eigenvalue weighted by Crippen LogP contribution is 2.16. The molecule has 1 atom stereocenters. The topological polar surface area (TPSA) is 59.1 Å². The monoisotopic (exact) mass is 232 g/mol. The van der Waals surface area contributed by atoms with Crippen molar-refractivity contribution in [3.8, 4) is 0 Å². The molecule has 1 heterocycles. The van der Waals surface area contributed by atoms with Crippen LogP contribution in [0.2, 0.25) is 0 Å². The van der Waals surface area contributed by atoms with E-state index in [4.69, 9.17) is 0 Å². The number of aromatic nitrogens is 1. The number of thiazole rings is 1. The molecule has 0 aliphatic heterocycles. The van der Waals surface area contributed by atoms with Crippen molar-refractivity contribution in [1.29, 1.82) is 0 Å². The van der Waals surface area contributed by atoms with Crippen LogP contribution >= 0.6 is 11.3 Å². The largest absolute Gasteiger partial charge is 0.293 e. The molecule has 0 aliphatic carbocycles. The first kappa shape index (κ1) is 11.3.